The van der Waals surface area contributed by atoms with Gasteiger partial charge in [-0.3, -0.25) is 9.59 Å². The number of fused-ring (bicyclic) bond motifs is 5. The molecule has 2 aromatic heterocycles. The zero-order chi connectivity index (χ0) is 15.6. The van der Waals surface area contributed by atoms with E-state index in [1.807, 2.05) is 0 Å². The van der Waals surface area contributed by atoms with Gasteiger partial charge in [0, 0.05) is 17.6 Å². The van der Waals surface area contributed by atoms with Crippen molar-refractivity contribution >= 4 is 39.1 Å². The fourth-order valence-corrected chi connectivity index (χ4v) is 5.12. The van der Waals surface area contributed by atoms with Gasteiger partial charge in [0.15, 0.2) is 0 Å². The lowest BCUT2D eigenvalue weighted by Gasteiger charge is -2.19. The lowest BCUT2D eigenvalue weighted by atomic mass is 9.95. The van der Waals surface area contributed by atoms with Crippen LogP contribution in [-0.2, 0) is 17.6 Å². The first kappa shape index (κ1) is 13.5. The Morgan fingerprint density at radius 3 is 3.00 bits per heavy atom. The fraction of sp³-hybridized carbons (Fsp3) is 0.471. The molecule has 0 aromatic carbocycles. The molecular weight excluding hydrogens is 310 g/mol. The maximum Gasteiger partial charge on any atom is 0.266 e. The van der Waals surface area contributed by atoms with Gasteiger partial charge in [0.1, 0.15) is 15.7 Å². The van der Waals surface area contributed by atoms with E-state index in [0.717, 1.165) is 41.6 Å². The van der Waals surface area contributed by atoms with Crippen LogP contribution < -0.4 is 5.32 Å². The summed E-state index contributed by atoms with van der Waals surface area (Å²) in [5.74, 6) is -0.0613. The normalized spacial score (nSPS) is 23.3. The van der Waals surface area contributed by atoms with E-state index in [1.165, 1.54) is 29.7 Å². The zero-order valence-electron chi connectivity index (χ0n) is 12.7. The largest absolute Gasteiger partial charge is 0.326 e. The number of carbonyl (C=O) groups is 2. The van der Waals surface area contributed by atoms with Gasteiger partial charge < -0.3 is 10.2 Å². The lowest BCUT2D eigenvalue weighted by molar-refractivity contribution is -0.119. The Kier molecular flexibility index (Phi) is 2.80. The van der Waals surface area contributed by atoms with Crippen molar-refractivity contribution in [1.82, 2.24) is 9.88 Å². The summed E-state index contributed by atoms with van der Waals surface area (Å²) in [6, 6.07) is 1.85. The second kappa shape index (κ2) is 4.77. The third-order valence-electron chi connectivity index (χ3n) is 5.22. The van der Waals surface area contributed by atoms with Gasteiger partial charge in [-0.15, -0.1) is 11.3 Å². The molecule has 5 rings (SSSR count). The smallest absolute Gasteiger partial charge is 0.266 e. The third-order valence-corrected chi connectivity index (χ3v) is 6.31. The molecular formula is C17H17N3O2S. The summed E-state index contributed by atoms with van der Waals surface area (Å²) in [7, 11) is 0. The Morgan fingerprint density at radius 1 is 1.22 bits per heavy atom. The highest BCUT2D eigenvalue weighted by atomic mass is 32.1. The number of anilines is 1. The minimum absolute atomic E-state index is 0.0122. The van der Waals surface area contributed by atoms with E-state index in [2.05, 4.69) is 11.4 Å². The average Bonchev–Trinajstić information content (AvgIpc) is 3.15. The molecule has 1 aliphatic carbocycles. The van der Waals surface area contributed by atoms with Gasteiger partial charge in [-0.1, -0.05) is 0 Å². The molecule has 0 unspecified atom stereocenters. The number of aryl methyl sites for hydroxylation is 2. The SMILES string of the molecule is O=C1Nc2c(sc3nc4c(cc23)CCCC4)C(=O)N2CCC[C@@H]12. The number of carbonyl (C=O) groups excluding carboxylic acids is 2. The molecule has 1 atom stereocenters. The number of hydrogen-bond acceptors (Lipinski definition) is 4. The topological polar surface area (TPSA) is 62.3 Å². The fourth-order valence-electron chi connectivity index (χ4n) is 4.04. The molecule has 1 saturated heterocycles. The summed E-state index contributed by atoms with van der Waals surface area (Å²) in [5.41, 5.74) is 3.13. The van der Waals surface area contributed by atoms with Crippen LogP contribution >= 0.6 is 11.3 Å². The predicted octanol–water partition coefficient (Wildman–Crippen LogP) is 2.73. The molecule has 4 heterocycles. The Balaban J connectivity index is 1.72. The third kappa shape index (κ3) is 1.87. The average molecular weight is 327 g/mol. The molecule has 2 amide bonds. The van der Waals surface area contributed by atoms with E-state index < -0.39 is 0 Å². The van der Waals surface area contributed by atoms with Crippen LogP contribution in [0.2, 0.25) is 0 Å². The van der Waals surface area contributed by atoms with E-state index in [1.54, 1.807) is 4.90 Å². The Bertz CT molecular complexity index is 857. The molecule has 2 aliphatic heterocycles. The number of pyridine rings is 1. The van der Waals surface area contributed by atoms with E-state index in [0.29, 0.717) is 17.1 Å². The van der Waals surface area contributed by atoms with Crippen molar-refractivity contribution < 1.29 is 9.59 Å². The standard InChI is InChI=1S/C17H17N3O2S/c21-15-12-6-3-7-20(12)17(22)14-13(19-15)10-8-9-4-1-2-5-11(9)18-16(10)23-14/h8,12H,1-7H2,(H,19,21)/t12-/m0/s1. The van der Waals surface area contributed by atoms with Gasteiger partial charge in [-0.05, 0) is 50.2 Å². The molecule has 1 N–H and O–H groups in total. The number of amides is 2. The van der Waals surface area contributed by atoms with Gasteiger partial charge in [0.05, 0.1) is 5.69 Å². The Hall–Kier alpha value is -1.95. The quantitative estimate of drug-likeness (QED) is 0.809. The summed E-state index contributed by atoms with van der Waals surface area (Å²) in [4.78, 5) is 33.4. The molecule has 0 radical (unpaired) electrons. The maximum absolute atomic E-state index is 12.9. The van der Waals surface area contributed by atoms with Crippen molar-refractivity contribution in [3.63, 3.8) is 0 Å². The second-order valence-corrected chi connectivity index (χ2v) is 7.61. The molecule has 0 spiro atoms. The van der Waals surface area contributed by atoms with Crippen LogP contribution in [0.1, 0.15) is 46.6 Å². The molecule has 1 fully saturated rings. The summed E-state index contributed by atoms with van der Waals surface area (Å²) in [6.07, 6.45) is 6.09. The first-order valence-electron chi connectivity index (χ1n) is 8.29. The van der Waals surface area contributed by atoms with Gasteiger partial charge in [0.2, 0.25) is 5.91 Å². The van der Waals surface area contributed by atoms with Crippen LogP contribution in [0.3, 0.4) is 0 Å². The van der Waals surface area contributed by atoms with E-state index in [9.17, 15) is 9.59 Å². The second-order valence-electron chi connectivity index (χ2n) is 6.61. The van der Waals surface area contributed by atoms with Crippen molar-refractivity contribution in [3.05, 3.63) is 22.2 Å². The lowest BCUT2D eigenvalue weighted by Crippen LogP contribution is -2.40. The van der Waals surface area contributed by atoms with Crippen LogP contribution in [0.4, 0.5) is 5.69 Å². The molecule has 0 bridgehead atoms. The number of nitrogens with zero attached hydrogens (tertiary/aromatic N) is 2. The molecule has 118 valence electrons. The number of nitrogens with one attached hydrogen (secondary N) is 1. The van der Waals surface area contributed by atoms with Crippen LogP contribution in [0.25, 0.3) is 10.2 Å². The number of rotatable bonds is 0. The van der Waals surface area contributed by atoms with Crippen LogP contribution in [0.5, 0.6) is 0 Å². The molecule has 6 heteroatoms. The summed E-state index contributed by atoms with van der Waals surface area (Å²) >= 11 is 1.43. The molecule has 0 saturated carbocycles. The van der Waals surface area contributed by atoms with E-state index in [4.69, 9.17) is 4.98 Å². The summed E-state index contributed by atoms with van der Waals surface area (Å²) in [5, 5.41) is 3.96. The maximum atomic E-state index is 12.9. The summed E-state index contributed by atoms with van der Waals surface area (Å²) < 4.78 is 0. The van der Waals surface area contributed by atoms with Gasteiger partial charge in [-0.25, -0.2) is 4.98 Å². The van der Waals surface area contributed by atoms with Crippen molar-refractivity contribution in [2.75, 3.05) is 11.9 Å². The van der Waals surface area contributed by atoms with Gasteiger partial charge >= 0.3 is 0 Å². The van der Waals surface area contributed by atoms with Crippen LogP contribution in [0, 0.1) is 0 Å². The van der Waals surface area contributed by atoms with E-state index in [-0.39, 0.29) is 17.9 Å². The zero-order valence-corrected chi connectivity index (χ0v) is 13.5. The molecule has 2 aromatic rings. The summed E-state index contributed by atoms with van der Waals surface area (Å²) in [6.45, 7) is 0.675. The minimum Gasteiger partial charge on any atom is -0.326 e. The van der Waals surface area contributed by atoms with Crippen molar-refractivity contribution in [2.45, 2.75) is 44.6 Å². The van der Waals surface area contributed by atoms with Gasteiger partial charge in [0.25, 0.3) is 5.91 Å². The number of aromatic nitrogens is 1. The monoisotopic (exact) mass is 327 g/mol. The predicted molar refractivity (Wildman–Crippen MR) is 89.0 cm³/mol. The van der Waals surface area contributed by atoms with E-state index >= 15 is 0 Å². The minimum atomic E-state index is -0.303. The van der Waals surface area contributed by atoms with Gasteiger partial charge in [-0.2, -0.15) is 0 Å². The van der Waals surface area contributed by atoms with Crippen molar-refractivity contribution in [3.8, 4) is 0 Å². The first-order chi connectivity index (χ1) is 11.2. The molecule has 23 heavy (non-hydrogen) atoms. The highest BCUT2D eigenvalue weighted by molar-refractivity contribution is 7.21. The molecule has 3 aliphatic rings. The number of thiophene rings is 1. The Morgan fingerprint density at radius 2 is 2.09 bits per heavy atom. The first-order valence-corrected chi connectivity index (χ1v) is 9.11. The highest BCUT2D eigenvalue weighted by Crippen LogP contribution is 2.40. The Labute approximate surface area is 137 Å². The van der Waals surface area contributed by atoms with Crippen LogP contribution in [-0.4, -0.2) is 34.3 Å². The molecule has 5 nitrogen and oxygen atoms in total. The van der Waals surface area contributed by atoms with Crippen LogP contribution in [0.15, 0.2) is 6.07 Å². The highest BCUT2D eigenvalue weighted by Gasteiger charge is 2.40. The van der Waals surface area contributed by atoms with Crippen molar-refractivity contribution in [2.24, 2.45) is 0 Å². The number of hydrogen-bond donors (Lipinski definition) is 1. The van der Waals surface area contributed by atoms with Crippen molar-refractivity contribution in [1.29, 1.82) is 0 Å².